The van der Waals surface area contributed by atoms with Crippen LogP contribution in [0, 0.1) is 0 Å². The summed E-state index contributed by atoms with van der Waals surface area (Å²) >= 11 is 1.42. The van der Waals surface area contributed by atoms with E-state index < -0.39 is 30.9 Å². The van der Waals surface area contributed by atoms with Crippen molar-refractivity contribution >= 4 is 35.0 Å². The fourth-order valence-corrected chi connectivity index (χ4v) is 4.22. The maximum atomic E-state index is 12.6. The van der Waals surface area contributed by atoms with Gasteiger partial charge in [0.2, 0.25) is 0 Å². The third-order valence-corrected chi connectivity index (χ3v) is 5.83. The Labute approximate surface area is 187 Å². The summed E-state index contributed by atoms with van der Waals surface area (Å²) in [6, 6.07) is 5.83. The summed E-state index contributed by atoms with van der Waals surface area (Å²) in [6.07, 6.45) is 1.72. The summed E-state index contributed by atoms with van der Waals surface area (Å²) in [6.45, 7) is 0.105. The highest BCUT2D eigenvalue weighted by atomic mass is 32.1. The van der Waals surface area contributed by atoms with Crippen molar-refractivity contribution < 1.29 is 38.9 Å². The second-order valence-corrected chi connectivity index (χ2v) is 8.08. The highest BCUT2D eigenvalue weighted by Gasteiger charge is 2.18. The molecule has 0 atom stereocenters. The first-order valence-electron chi connectivity index (χ1n) is 9.80. The molecule has 32 heavy (non-hydrogen) atoms. The number of amides is 1. The minimum Gasteiger partial charge on any atom is -0.479 e. The average Bonchev–Trinajstić information content (AvgIpc) is 3.04. The first-order valence-corrected chi connectivity index (χ1v) is 10.6. The summed E-state index contributed by atoms with van der Waals surface area (Å²) < 4.78 is 10.2. The van der Waals surface area contributed by atoms with Gasteiger partial charge in [-0.2, -0.15) is 0 Å². The fourth-order valence-electron chi connectivity index (χ4n) is 3.09. The monoisotopic (exact) mass is 462 g/mol. The number of thiophene rings is 1. The lowest BCUT2D eigenvalue weighted by atomic mass is 10.1. The largest absolute Gasteiger partial charge is 0.479 e. The van der Waals surface area contributed by atoms with Crippen molar-refractivity contribution in [2.75, 3.05) is 32.8 Å². The molecular formula is C21H22N2O8S. The SMILES string of the molecule is O=C(O)COc1ccc(C(=O)CNC(=O)c2cc3c(s2)CCNCC3)cc1OCC(=O)O. The minimum absolute atomic E-state index is 0.0104. The number of benzene rings is 1. The Kier molecular flexibility index (Phi) is 7.79. The number of Topliss-reactive ketones (excluding diaryl/α,β-unsaturated/α-hetero) is 1. The predicted octanol–water partition coefficient (Wildman–Crippen LogP) is 0.976. The van der Waals surface area contributed by atoms with Crippen LogP contribution in [-0.2, 0) is 22.4 Å². The molecule has 1 aromatic heterocycles. The van der Waals surface area contributed by atoms with Gasteiger partial charge in [0.05, 0.1) is 11.4 Å². The van der Waals surface area contributed by atoms with Crippen molar-refractivity contribution in [2.24, 2.45) is 0 Å². The maximum absolute atomic E-state index is 12.6. The first kappa shape index (κ1) is 23.2. The molecule has 1 aromatic carbocycles. The lowest BCUT2D eigenvalue weighted by molar-refractivity contribution is -0.140. The van der Waals surface area contributed by atoms with Crippen molar-refractivity contribution in [2.45, 2.75) is 12.8 Å². The number of hydrogen-bond acceptors (Lipinski definition) is 8. The molecule has 3 rings (SSSR count). The fraction of sp³-hybridized carbons (Fsp3) is 0.333. The van der Waals surface area contributed by atoms with Gasteiger partial charge in [0.15, 0.2) is 30.5 Å². The molecule has 0 unspecified atom stereocenters. The molecule has 4 N–H and O–H groups in total. The molecule has 0 saturated carbocycles. The second kappa shape index (κ2) is 10.7. The molecular weight excluding hydrogens is 440 g/mol. The van der Waals surface area contributed by atoms with Crippen LogP contribution in [0.15, 0.2) is 24.3 Å². The van der Waals surface area contributed by atoms with E-state index in [1.54, 1.807) is 0 Å². The van der Waals surface area contributed by atoms with Crippen LogP contribution in [0.1, 0.15) is 30.5 Å². The van der Waals surface area contributed by atoms with E-state index in [-0.39, 0.29) is 29.5 Å². The van der Waals surface area contributed by atoms with E-state index >= 15 is 0 Å². The Hall–Kier alpha value is -3.44. The van der Waals surface area contributed by atoms with Crippen molar-refractivity contribution in [3.8, 4) is 11.5 Å². The van der Waals surface area contributed by atoms with E-state index in [2.05, 4.69) is 10.6 Å². The van der Waals surface area contributed by atoms with Gasteiger partial charge in [-0.25, -0.2) is 9.59 Å². The molecule has 10 nitrogen and oxygen atoms in total. The van der Waals surface area contributed by atoms with Crippen LogP contribution < -0.4 is 20.1 Å². The number of nitrogens with one attached hydrogen (secondary N) is 2. The molecule has 2 aromatic rings. The van der Waals surface area contributed by atoms with Gasteiger partial charge >= 0.3 is 11.9 Å². The van der Waals surface area contributed by atoms with Gasteiger partial charge in [0.25, 0.3) is 5.91 Å². The van der Waals surface area contributed by atoms with Crippen LogP contribution in [0.3, 0.4) is 0 Å². The molecule has 1 aliphatic heterocycles. The Morgan fingerprint density at radius 1 is 0.969 bits per heavy atom. The standard InChI is InChI=1S/C21H22N2O8S/c24-14(9-23-21(29)18-8-13-3-5-22-6-4-17(13)32-18)12-1-2-15(30-10-19(25)26)16(7-12)31-11-20(27)28/h1-2,7-8,22H,3-6,9-11H2,(H,23,29)(H,25,26)(H,27,28). The van der Waals surface area contributed by atoms with Gasteiger partial charge in [-0.05, 0) is 55.8 Å². The van der Waals surface area contributed by atoms with Gasteiger partial charge < -0.3 is 30.3 Å². The molecule has 1 aliphatic rings. The molecule has 0 spiro atoms. The van der Waals surface area contributed by atoms with Crippen LogP contribution in [0.25, 0.3) is 0 Å². The number of rotatable bonds is 10. The normalized spacial score (nSPS) is 12.9. The van der Waals surface area contributed by atoms with E-state index in [0.717, 1.165) is 31.5 Å². The Bertz CT molecular complexity index is 1010. The number of carboxylic acid groups (broad SMARTS) is 2. The van der Waals surface area contributed by atoms with Gasteiger partial charge in [-0.1, -0.05) is 0 Å². The van der Waals surface area contributed by atoms with Crippen LogP contribution in [0.5, 0.6) is 11.5 Å². The summed E-state index contributed by atoms with van der Waals surface area (Å²) in [4.78, 5) is 48.3. The first-order chi connectivity index (χ1) is 15.3. The summed E-state index contributed by atoms with van der Waals surface area (Å²) in [5, 5.41) is 23.5. The van der Waals surface area contributed by atoms with Crippen LogP contribution >= 0.6 is 11.3 Å². The molecule has 2 heterocycles. The number of fused-ring (bicyclic) bond motifs is 1. The van der Waals surface area contributed by atoms with Gasteiger partial charge in [-0.15, -0.1) is 11.3 Å². The van der Waals surface area contributed by atoms with E-state index in [1.165, 1.54) is 34.4 Å². The van der Waals surface area contributed by atoms with Crippen molar-refractivity contribution in [3.63, 3.8) is 0 Å². The number of hydrogen-bond donors (Lipinski definition) is 4. The molecule has 0 fully saturated rings. The zero-order valence-corrected chi connectivity index (χ0v) is 17.8. The third kappa shape index (κ3) is 6.28. The molecule has 170 valence electrons. The predicted molar refractivity (Wildman–Crippen MR) is 114 cm³/mol. The molecule has 11 heteroatoms. The lowest BCUT2D eigenvalue weighted by Crippen LogP contribution is -2.29. The van der Waals surface area contributed by atoms with E-state index in [9.17, 15) is 19.2 Å². The average molecular weight is 462 g/mol. The summed E-state index contributed by atoms with van der Waals surface area (Å²) in [5.74, 6) is -3.33. The van der Waals surface area contributed by atoms with E-state index in [0.29, 0.717) is 4.88 Å². The summed E-state index contributed by atoms with van der Waals surface area (Å²) in [7, 11) is 0. The Balaban J connectivity index is 1.65. The minimum atomic E-state index is -1.25. The van der Waals surface area contributed by atoms with Crippen LogP contribution in [0.2, 0.25) is 0 Å². The molecule has 0 radical (unpaired) electrons. The van der Waals surface area contributed by atoms with Gasteiger partial charge in [0, 0.05) is 10.4 Å². The number of carbonyl (C=O) groups excluding carboxylic acids is 2. The smallest absolute Gasteiger partial charge is 0.341 e. The second-order valence-electron chi connectivity index (χ2n) is 6.94. The van der Waals surface area contributed by atoms with Crippen LogP contribution in [-0.4, -0.2) is 66.7 Å². The van der Waals surface area contributed by atoms with Crippen molar-refractivity contribution in [3.05, 3.63) is 45.1 Å². The number of carboxylic acids is 2. The zero-order valence-electron chi connectivity index (χ0n) is 17.0. The maximum Gasteiger partial charge on any atom is 0.341 e. The number of aliphatic carboxylic acids is 2. The lowest BCUT2D eigenvalue weighted by Gasteiger charge is -2.12. The van der Waals surface area contributed by atoms with Crippen molar-refractivity contribution in [1.29, 1.82) is 0 Å². The molecule has 1 amide bonds. The summed E-state index contributed by atoms with van der Waals surface area (Å²) in [5.41, 5.74) is 1.30. The van der Waals surface area contributed by atoms with E-state index in [4.69, 9.17) is 19.7 Å². The van der Waals surface area contributed by atoms with Gasteiger partial charge in [-0.3, -0.25) is 9.59 Å². The van der Waals surface area contributed by atoms with Crippen molar-refractivity contribution in [1.82, 2.24) is 10.6 Å². The quantitative estimate of drug-likeness (QED) is 0.379. The van der Waals surface area contributed by atoms with Crippen LogP contribution in [0.4, 0.5) is 0 Å². The van der Waals surface area contributed by atoms with Gasteiger partial charge in [0.1, 0.15) is 0 Å². The highest BCUT2D eigenvalue weighted by Crippen LogP contribution is 2.29. The molecule has 0 bridgehead atoms. The Morgan fingerprint density at radius 3 is 2.38 bits per heavy atom. The highest BCUT2D eigenvalue weighted by molar-refractivity contribution is 7.14. The zero-order chi connectivity index (χ0) is 23.1. The number of ketones is 1. The number of ether oxygens (including phenoxy) is 2. The Morgan fingerprint density at radius 2 is 1.66 bits per heavy atom. The molecule has 0 aliphatic carbocycles. The topological polar surface area (TPSA) is 151 Å². The van der Waals surface area contributed by atoms with E-state index in [1.807, 2.05) is 6.07 Å². The molecule has 0 saturated heterocycles. The third-order valence-electron chi connectivity index (χ3n) is 4.60. The number of carbonyl (C=O) groups is 4.